The Hall–Kier alpha value is -0.570. The van der Waals surface area contributed by atoms with Gasteiger partial charge in [0.1, 0.15) is 0 Å². The standard InChI is InChI=1S/C10H18N2S/c1-3-4-5-6-7-11-10-12-9(2)8-13-10/h8H,3-7H2,1-2H3,(H,11,12). The molecular weight excluding hydrogens is 180 g/mol. The van der Waals surface area contributed by atoms with Crippen LogP contribution in [0.3, 0.4) is 0 Å². The Morgan fingerprint density at radius 1 is 1.38 bits per heavy atom. The highest BCUT2D eigenvalue weighted by atomic mass is 32.1. The fourth-order valence-electron chi connectivity index (χ4n) is 1.18. The zero-order valence-corrected chi connectivity index (χ0v) is 9.28. The maximum atomic E-state index is 4.34. The molecule has 0 aliphatic carbocycles. The quantitative estimate of drug-likeness (QED) is 0.708. The van der Waals surface area contributed by atoms with Crippen LogP contribution in [0.1, 0.15) is 38.3 Å². The van der Waals surface area contributed by atoms with Crippen molar-refractivity contribution in [2.75, 3.05) is 11.9 Å². The van der Waals surface area contributed by atoms with Crippen molar-refractivity contribution < 1.29 is 0 Å². The first-order chi connectivity index (χ1) is 6.33. The molecule has 2 nitrogen and oxygen atoms in total. The lowest BCUT2D eigenvalue weighted by molar-refractivity contribution is 0.685. The van der Waals surface area contributed by atoms with Gasteiger partial charge in [0.05, 0.1) is 5.69 Å². The van der Waals surface area contributed by atoms with Gasteiger partial charge in [-0.1, -0.05) is 26.2 Å². The second-order valence-corrected chi connectivity index (χ2v) is 4.14. The lowest BCUT2D eigenvalue weighted by Crippen LogP contribution is -2.00. The predicted molar refractivity (Wildman–Crippen MR) is 59.5 cm³/mol. The molecule has 0 bridgehead atoms. The smallest absolute Gasteiger partial charge is 0.182 e. The Morgan fingerprint density at radius 2 is 2.23 bits per heavy atom. The number of thiazole rings is 1. The van der Waals surface area contributed by atoms with Crippen LogP contribution in [0.25, 0.3) is 0 Å². The number of aromatic nitrogens is 1. The van der Waals surface area contributed by atoms with E-state index < -0.39 is 0 Å². The fourth-order valence-corrected chi connectivity index (χ4v) is 1.90. The molecule has 1 aromatic rings. The van der Waals surface area contributed by atoms with E-state index in [9.17, 15) is 0 Å². The number of rotatable bonds is 6. The molecule has 13 heavy (non-hydrogen) atoms. The van der Waals surface area contributed by atoms with Crippen molar-refractivity contribution in [2.45, 2.75) is 39.5 Å². The molecule has 0 amide bonds. The molecule has 0 saturated carbocycles. The molecule has 1 aromatic heterocycles. The Bertz CT molecular complexity index is 233. The molecular formula is C10H18N2S. The van der Waals surface area contributed by atoms with Crippen molar-refractivity contribution in [1.82, 2.24) is 4.98 Å². The normalized spacial score (nSPS) is 10.3. The highest BCUT2D eigenvalue weighted by molar-refractivity contribution is 7.13. The molecule has 0 spiro atoms. The minimum absolute atomic E-state index is 1.06. The Labute approximate surface area is 84.4 Å². The van der Waals surface area contributed by atoms with Gasteiger partial charge in [-0.2, -0.15) is 0 Å². The number of hydrogen-bond acceptors (Lipinski definition) is 3. The Morgan fingerprint density at radius 3 is 2.85 bits per heavy atom. The molecule has 0 aliphatic heterocycles. The second-order valence-electron chi connectivity index (χ2n) is 3.28. The van der Waals surface area contributed by atoms with Gasteiger partial charge in [0.15, 0.2) is 5.13 Å². The molecule has 0 atom stereocenters. The highest BCUT2D eigenvalue weighted by Gasteiger charge is 1.95. The third-order valence-electron chi connectivity index (χ3n) is 1.93. The number of anilines is 1. The first-order valence-corrected chi connectivity index (χ1v) is 5.87. The van der Waals surface area contributed by atoms with E-state index in [1.54, 1.807) is 11.3 Å². The number of hydrogen-bond donors (Lipinski definition) is 1. The van der Waals surface area contributed by atoms with Crippen molar-refractivity contribution >= 4 is 16.5 Å². The van der Waals surface area contributed by atoms with E-state index in [0.717, 1.165) is 17.4 Å². The lowest BCUT2D eigenvalue weighted by atomic mass is 10.2. The van der Waals surface area contributed by atoms with Gasteiger partial charge in [0, 0.05) is 11.9 Å². The summed E-state index contributed by atoms with van der Waals surface area (Å²) in [6, 6.07) is 0. The summed E-state index contributed by atoms with van der Waals surface area (Å²) in [6.07, 6.45) is 5.23. The fraction of sp³-hybridized carbons (Fsp3) is 0.700. The predicted octanol–water partition coefficient (Wildman–Crippen LogP) is 3.44. The summed E-state index contributed by atoms with van der Waals surface area (Å²) in [6.45, 7) is 5.32. The largest absolute Gasteiger partial charge is 0.362 e. The number of aryl methyl sites for hydroxylation is 1. The summed E-state index contributed by atoms with van der Waals surface area (Å²) >= 11 is 1.69. The van der Waals surface area contributed by atoms with E-state index in [2.05, 4.69) is 22.6 Å². The molecule has 0 unspecified atom stereocenters. The average molecular weight is 198 g/mol. The maximum absolute atomic E-state index is 4.34. The van der Waals surface area contributed by atoms with E-state index in [-0.39, 0.29) is 0 Å². The molecule has 0 saturated heterocycles. The summed E-state index contributed by atoms with van der Waals surface area (Å²) in [5.41, 5.74) is 1.11. The third-order valence-corrected chi connectivity index (χ3v) is 2.84. The summed E-state index contributed by atoms with van der Waals surface area (Å²) < 4.78 is 0. The van der Waals surface area contributed by atoms with Crippen LogP contribution >= 0.6 is 11.3 Å². The minimum Gasteiger partial charge on any atom is -0.362 e. The molecule has 1 heterocycles. The number of unbranched alkanes of at least 4 members (excludes halogenated alkanes) is 3. The molecule has 0 aromatic carbocycles. The van der Waals surface area contributed by atoms with E-state index in [0.29, 0.717) is 0 Å². The molecule has 3 heteroatoms. The summed E-state index contributed by atoms with van der Waals surface area (Å²) in [4.78, 5) is 4.34. The van der Waals surface area contributed by atoms with Crippen LogP contribution in [0.15, 0.2) is 5.38 Å². The summed E-state index contributed by atoms with van der Waals surface area (Å²) in [5, 5.41) is 6.47. The first kappa shape index (κ1) is 10.5. The van der Waals surface area contributed by atoms with Gasteiger partial charge in [-0.05, 0) is 13.3 Å². The van der Waals surface area contributed by atoms with Gasteiger partial charge in [0.2, 0.25) is 0 Å². The molecule has 0 fully saturated rings. The van der Waals surface area contributed by atoms with Crippen LogP contribution in [-0.2, 0) is 0 Å². The number of nitrogens with zero attached hydrogens (tertiary/aromatic N) is 1. The van der Waals surface area contributed by atoms with Gasteiger partial charge in [-0.25, -0.2) is 4.98 Å². The maximum Gasteiger partial charge on any atom is 0.182 e. The summed E-state index contributed by atoms with van der Waals surface area (Å²) in [5.74, 6) is 0. The average Bonchev–Trinajstić information content (AvgIpc) is 2.51. The summed E-state index contributed by atoms with van der Waals surface area (Å²) in [7, 11) is 0. The molecule has 0 aliphatic rings. The van der Waals surface area contributed by atoms with E-state index in [1.807, 2.05) is 6.92 Å². The third kappa shape index (κ3) is 4.27. The van der Waals surface area contributed by atoms with Crippen LogP contribution in [0.4, 0.5) is 5.13 Å². The van der Waals surface area contributed by atoms with Crippen LogP contribution in [0, 0.1) is 6.92 Å². The van der Waals surface area contributed by atoms with Gasteiger partial charge >= 0.3 is 0 Å². The highest BCUT2D eigenvalue weighted by Crippen LogP contribution is 2.14. The second kappa shape index (κ2) is 5.97. The van der Waals surface area contributed by atoms with Crippen molar-refractivity contribution in [2.24, 2.45) is 0 Å². The number of nitrogens with one attached hydrogen (secondary N) is 1. The van der Waals surface area contributed by atoms with Crippen LogP contribution < -0.4 is 5.32 Å². The SMILES string of the molecule is CCCCCCNc1nc(C)cs1. The Kier molecular flexibility index (Phi) is 4.83. The minimum atomic E-state index is 1.06. The van der Waals surface area contributed by atoms with Crippen molar-refractivity contribution in [3.8, 4) is 0 Å². The zero-order valence-electron chi connectivity index (χ0n) is 8.47. The topological polar surface area (TPSA) is 24.9 Å². The van der Waals surface area contributed by atoms with Crippen LogP contribution in [0.5, 0.6) is 0 Å². The van der Waals surface area contributed by atoms with E-state index >= 15 is 0 Å². The molecule has 0 radical (unpaired) electrons. The van der Waals surface area contributed by atoms with E-state index in [1.165, 1.54) is 25.7 Å². The van der Waals surface area contributed by atoms with Crippen molar-refractivity contribution in [3.63, 3.8) is 0 Å². The molecule has 74 valence electrons. The first-order valence-electron chi connectivity index (χ1n) is 4.99. The molecule has 1 rings (SSSR count). The van der Waals surface area contributed by atoms with Gasteiger partial charge < -0.3 is 5.32 Å². The van der Waals surface area contributed by atoms with Gasteiger partial charge in [-0.3, -0.25) is 0 Å². The Balaban J connectivity index is 2.06. The van der Waals surface area contributed by atoms with Gasteiger partial charge in [-0.15, -0.1) is 11.3 Å². The van der Waals surface area contributed by atoms with Crippen LogP contribution in [-0.4, -0.2) is 11.5 Å². The molecule has 1 N–H and O–H groups in total. The van der Waals surface area contributed by atoms with E-state index in [4.69, 9.17) is 0 Å². The van der Waals surface area contributed by atoms with Crippen LogP contribution in [0.2, 0.25) is 0 Å². The van der Waals surface area contributed by atoms with Crippen molar-refractivity contribution in [1.29, 1.82) is 0 Å². The van der Waals surface area contributed by atoms with Crippen molar-refractivity contribution in [3.05, 3.63) is 11.1 Å². The van der Waals surface area contributed by atoms with Gasteiger partial charge in [0.25, 0.3) is 0 Å². The lowest BCUT2D eigenvalue weighted by Gasteiger charge is -2.00. The zero-order chi connectivity index (χ0) is 9.52. The monoisotopic (exact) mass is 198 g/mol.